The lowest BCUT2D eigenvalue weighted by molar-refractivity contribution is -0.118. The monoisotopic (exact) mass is 199 g/mol. The maximum atomic E-state index is 10.8. The van der Waals surface area contributed by atoms with Crippen LogP contribution in [0.15, 0.2) is 0 Å². The second-order valence-electron chi connectivity index (χ2n) is 3.98. The highest BCUT2D eigenvalue weighted by molar-refractivity contribution is 5.74. The van der Waals surface area contributed by atoms with Gasteiger partial charge in [0.1, 0.15) is 0 Å². The molecule has 1 rings (SSSR count). The Morgan fingerprint density at radius 2 is 2.43 bits per heavy atom. The highest BCUT2D eigenvalue weighted by Crippen LogP contribution is 2.03. The summed E-state index contributed by atoms with van der Waals surface area (Å²) in [5, 5.41) is 3.31. The predicted molar refractivity (Wildman–Crippen MR) is 57.0 cm³/mol. The predicted octanol–water partition coefficient (Wildman–Crippen LogP) is -0.0643. The summed E-state index contributed by atoms with van der Waals surface area (Å²) in [6.07, 6.45) is 2.93. The molecule has 1 aliphatic heterocycles. The maximum Gasteiger partial charge on any atom is 0.219 e. The Labute approximate surface area is 85.8 Å². The fraction of sp³-hybridized carbons (Fsp3) is 0.900. The van der Waals surface area contributed by atoms with Crippen molar-refractivity contribution in [2.45, 2.75) is 32.2 Å². The Kier molecular flexibility index (Phi) is 4.90. The molecule has 4 heteroatoms. The van der Waals surface area contributed by atoms with E-state index in [1.165, 1.54) is 12.8 Å². The van der Waals surface area contributed by atoms with Gasteiger partial charge < -0.3 is 16.0 Å². The van der Waals surface area contributed by atoms with Crippen LogP contribution in [-0.2, 0) is 4.79 Å². The average molecular weight is 199 g/mol. The summed E-state index contributed by atoms with van der Waals surface area (Å²) in [5.41, 5.74) is 5.17. The van der Waals surface area contributed by atoms with Gasteiger partial charge in [0.2, 0.25) is 5.91 Å². The number of primary amides is 1. The van der Waals surface area contributed by atoms with Crippen LogP contribution in [-0.4, -0.2) is 43.0 Å². The van der Waals surface area contributed by atoms with E-state index in [9.17, 15) is 4.79 Å². The van der Waals surface area contributed by atoms with Gasteiger partial charge in [0.25, 0.3) is 0 Å². The zero-order valence-corrected chi connectivity index (χ0v) is 8.96. The summed E-state index contributed by atoms with van der Waals surface area (Å²) in [6.45, 7) is 6.37. The lowest BCUT2D eigenvalue weighted by Gasteiger charge is -2.33. The number of unbranched alkanes of at least 4 members (excludes halogenated alkanes) is 1. The standard InChI is InChI=1S/C10H21N3O/c1-2-3-5-13-6-4-12-9(8-13)7-10(11)14/h9,12H,2-8H2,1H3,(H2,11,14). The van der Waals surface area contributed by atoms with E-state index in [1.54, 1.807) is 0 Å². The second kappa shape index (κ2) is 5.98. The van der Waals surface area contributed by atoms with Crippen LogP contribution >= 0.6 is 0 Å². The molecule has 0 radical (unpaired) electrons. The molecule has 0 aromatic rings. The van der Waals surface area contributed by atoms with Crippen molar-refractivity contribution in [1.82, 2.24) is 10.2 Å². The molecule has 0 saturated carbocycles. The third kappa shape index (κ3) is 4.07. The molecule has 1 amide bonds. The summed E-state index contributed by atoms with van der Waals surface area (Å²) in [6, 6.07) is 0.262. The first-order chi connectivity index (χ1) is 6.72. The maximum absolute atomic E-state index is 10.8. The SMILES string of the molecule is CCCCN1CCNC(CC(N)=O)C1. The Hall–Kier alpha value is -0.610. The number of nitrogens with two attached hydrogens (primary N) is 1. The third-order valence-electron chi connectivity index (χ3n) is 2.62. The lowest BCUT2D eigenvalue weighted by atomic mass is 10.1. The van der Waals surface area contributed by atoms with Crippen LogP contribution in [0.3, 0.4) is 0 Å². The summed E-state index contributed by atoms with van der Waals surface area (Å²) in [5.74, 6) is -0.208. The zero-order chi connectivity index (χ0) is 10.4. The number of carbonyl (C=O) groups excluding carboxylic acids is 1. The normalized spacial score (nSPS) is 23.6. The molecular weight excluding hydrogens is 178 g/mol. The minimum atomic E-state index is -0.208. The average Bonchev–Trinajstić information content (AvgIpc) is 2.14. The van der Waals surface area contributed by atoms with Crippen molar-refractivity contribution >= 4 is 5.91 Å². The van der Waals surface area contributed by atoms with Gasteiger partial charge in [-0.05, 0) is 13.0 Å². The van der Waals surface area contributed by atoms with Gasteiger partial charge in [-0.3, -0.25) is 4.79 Å². The molecule has 0 bridgehead atoms. The molecule has 3 N–H and O–H groups in total. The smallest absolute Gasteiger partial charge is 0.219 e. The van der Waals surface area contributed by atoms with Gasteiger partial charge in [-0.1, -0.05) is 13.3 Å². The van der Waals surface area contributed by atoms with Gasteiger partial charge in [-0.2, -0.15) is 0 Å². The van der Waals surface area contributed by atoms with Crippen molar-refractivity contribution < 1.29 is 4.79 Å². The molecule has 0 aliphatic carbocycles. The number of piperazine rings is 1. The topological polar surface area (TPSA) is 58.4 Å². The molecular formula is C10H21N3O. The molecule has 14 heavy (non-hydrogen) atoms. The van der Waals surface area contributed by atoms with E-state index >= 15 is 0 Å². The van der Waals surface area contributed by atoms with E-state index in [4.69, 9.17) is 5.73 Å². The van der Waals surface area contributed by atoms with Crippen molar-refractivity contribution in [1.29, 1.82) is 0 Å². The van der Waals surface area contributed by atoms with E-state index in [2.05, 4.69) is 17.1 Å². The quantitative estimate of drug-likeness (QED) is 0.652. The molecule has 82 valence electrons. The number of hydrogen-bond donors (Lipinski definition) is 2. The molecule has 1 aliphatic rings. The van der Waals surface area contributed by atoms with E-state index in [1.807, 2.05) is 0 Å². The number of rotatable bonds is 5. The Balaban J connectivity index is 2.24. The minimum Gasteiger partial charge on any atom is -0.370 e. The molecule has 0 aromatic carbocycles. The Morgan fingerprint density at radius 1 is 1.64 bits per heavy atom. The summed E-state index contributed by atoms with van der Waals surface area (Å²) in [4.78, 5) is 13.2. The van der Waals surface area contributed by atoms with Crippen LogP contribution in [0.1, 0.15) is 26.2 Å². The fourth-order valence-electron chi connectivity index (χ4n) is 1.86. The van der Waals surface area contributed by atoms with E-state index < -0.39 is 0 Å². The first-order valence-corrected chi connectivity index (χ1v) is 5.46. The van der Waals surface area contributed by atoms with E-state index in [0.717, 1.165) is 26.2 Å². The number of nitrogens with one attached hydrogen (secondary N) is 1. The molecule has 1 heterocycles. The largest absolute Gasteiger partial charge is 0.370 e. The molecule has 1 unspecified atom stereocenters. The van der Waals surface area contributed by atoms with Crippen LogP contribution in [0.2, 0.25) is 0 Å². The third-order valence-corrected chi connectivity index (χ3v) is 2.62. The van der Waals surface area contributed by atoms with Crippen LogP contribution in [0, 0.1) is 0 Å². The van der Waals surface area contributed by atoms with Crippen LogP contribution in [0.4, 0.5) is 0 Å². The molecule has 1 fully saturated rings. The van der Waals surface area contributed by atoms with Crippen molar-refractivity contribution in [2.24, 2.45) is 5.73 Å². The molecule has 1 saturated heterocycles. The Bertz CT molecular complexity index is 184. The highest BCUT2D eigenvalue weighted by Gasteiger charge is 2.19. The van der Waals surface area contributed by atoms with Gasteiger partial charge in [0.15, 0.2) is 0 Å². The first kappa shape index (κ1) is 11.5. The van der Waals surface area contributed by atoms with Gasteiger partial charge in [0, 0.05) is 32.1 Å². The van der Waals surface area contributed by atoms with Crippen molar-refractivity contribution in [2.75, 3.05) is 26.2 Å². The number of nitrogens with zero attached hydrogens (tertiary/aromatic N) is 1. The van der Waals surface area contributed by atoms with Gasteiger partial charge >= 0.3 is 0 Å². The van der Waals surface area contributed by atoms with Crippen molar-refractivity contribution in [3.8, 4) is 0 Å². The van der Waals surface area contributed by atoms with Gasteiger partial charge in [0.05, 0.1) is 0 Å². The summed E-state index contributed by atoms with van der Waals surface area (Å²) >= 11 is 0. The number of amides is 1. The summed E-state index contributed by atoms with van der Waals surface area (Å²) < 4.78 is 0. The van der Waals surface area contributed by atoms with Crippen LogP contribution in [0.25, 0.3) is 0 Å². The molecule has 1 atom stereocenters. The van der Waals surface area contributed by atoms with Crippen molar-refractivity contribution in [3.63, 3.8) is 0 Å². The van der Waals surface area contributed by atoms with Gasteiger partial charge in [-0.25, -0.2) is 0 Å². The Morgan fingerprint density at radius 3 is 3.07 bits per heavy atom. The molecule has 0 spiro atoms. The minimum absolute atomic E-state index is 0.208. The molecule has 0 aromatic heterocycles. The molecule has 4 nitrogen and oxygen atoms in total. The number of carbonyl (C=O) groups is 1. The summed E-state index contributed by atoms with van der Waals surface area (Å²) in [7, 11) is 0. The lowest BCUT2D eigenvalue weighted by Crippen LogP contribution is -2.51. The van der Waals surface area contributed by atoms with E-state index in [-0.39, 0.29) is 11.9 Å². The van der Waals surface area contributed by atoms with E-state index in [0.29, 0.717) is 6.42 Å². The fourth-order valence-corrected chi connectivity index (χ4v) is 1.86. The van der Waals surface area contributed by atoms with Crippen LogP contribution in [0.5, 0.6) is 0 Å². The first-order valence-electron chi connectivity index (χ1n) is 5.46. The number of hydrogen-bond acceptors (Lipinski definition) is 3. The highest BCUT2D eigenvalue weighted by atomic mass is 16.1. The zero-order valence-electron chi connectivity index (χ0n) is 8.96. The van der Waals surface area contributed by atoms with Crippen LogP contribution < -0.4 is 11.1 Å². The van der Waals surface area contributed by atoms with Gasteiger partial charge in [-0.15, -0.1) is 0 Å². The second-order valence-corrected chi connectivity index (χ2v) is 3.98. The van der Waals surface area contributed by atoms with Crippen molar-refractivity contribution in [3.05, 3.63) is 0 Å².